The standard InChI is InChI=1S/C12H16N4O/c1-15-10-6-7(13)5-9(14-8-3-4-8)11(10)16(2)12(15)17/h5-6,8,14H,3-4,13H2,1-2H3. The predicted molar refractivity (Wildman–Crippen MR) is 69.2 cm³/mol. The number of aromatic nitrogens is 2. The number of nitrogens with zero attached hydrogens (tertiary/aromatic N) is 2. The molecule has 0 atom stereocenters. The van der Waals surface area contributed by atoms with Crippen LogP contribution in [0.3, 0.4) is 0 Å². The molecule has 0 radical (unpaired) electrons. The summed E-state index contributed by atoms with van der Waals surface area (Å²) in [6.45, 7) is 0. The first-order valence-corrected chi connectivity index (χ1v) is 5.79. The molecule has 2 aromatic rings. The number of imidazole rings is 1. The summed E-state index contributed by atoms with van der Waals surface area (Å²) in [5.41, 5.74) is 9.31. The molecule has 17 heavy (non-hydrogen) atoms. The molecule has 1 aromatic heterocycles. The molecule has 0 saturated heterocycles. The molecular weight excluding hydrogens is 216 g/mol. The summed E-state index contributed by atoms with van der Waals surface area (Å²) < 4.78 is 3.29. The fourth-order valence-electron chi connectivity index (χ4n) is 2.23. The number of hydrogen-bond donors (Lipinski definition) is 2. The van der Waals surface area contributed by atoms with E-state index in [1.165, 1.54) is 12.8 Å². The number of fused-ring (bicyclic) bond motifs is 1. The van der Waals surface area contributed by atoms with E-state index in [9.17, 15) is 4.79 Å². The summed E-state index contributed by atoms with van der Waals surface area (Å²) in [6, 6.07) is 4.28. The van der Waals surface area contributed by atoms with Crippen molar-refractivity contribution in [2.75, 3.05) is 11.1 Å². The molecule has 5 heteroatoms. The predicted octanol–water partition coefficient (Wildman–Crippen LogP) is 1.03. The average Bonchev–Trinajstić information content (AvgIpc) is 3.05. The largest absolute Gasteiger partial charge is 0.399 e. The van der Waals surface area contributed by atoms with Crippen LogP contribution >= 0.6 is 0 Å². The summed E-state index contributed by atoms with van der Waals surface area (Å²) in [7, 11) is 3.56. The van der Waals surface area contributed by atoms with E-state index in [1.54, 1.807) is 23.2 Å². The van der Waals surface area contributed by atoms with Gasteiger partial charge in [0, 0.05) is 25.8 Å². The minimum absolute atomic E-state index is 0.0237. The molecule has 3 rings (SSSR count). The number of aryl methyl sites for hydroxylation is 2. The molecule has 0 unspecified atom stereocenters. The van der Waals surface area contributed by atoms with Crippen molar-refractivity contribution in [1.29, 1.82) is 0 Å². The quantitative estimate of drug-likeness (QED) is 0.760. The third-order valence-corrected chi connectivity index (χ3v) is 3.32. The Morgan fingerprint density at radius 1 is 1.29 bits per heavy atom. The second-order valence-electron chi connectivity index (χ2n) is 4.76. The molecule has 1 aliphatic rings. The van der Waals surface area contributed by atoms with Crippen LogP contribution in [0, 0.1) is 0 Å². The number of nitrogens with two attached hydrogens (primary N) is 1. The van der Waals surface area contributed by atoms with E-state index in [4.69, 9.17) is 5.73 Å². The Balaban J connectivity index is 2.32. The highest BCUT2D eigenvalue weighted by Gasteiger charge is 2.23. The van der Waals surface area contributed by atoms with Gasteiger partial charge < -0.3 is 11.1 Å². The topological polar surface area (TPSA) is 65.0 Å². The first-order chi connectivity index (χ1) is 8.08. The molecule has 3 N–H and O–H groups in total. The molecule has 1 aromatic carbocycles. The van der Waals surface area contributed by atoms with Crippen molar-refractivity contribution >= 4 is 22.4 Å². The van der Waals surface area contributed by atoms with Gasteiger partial charge >= 0.3 is 5.69 Å². The van der Waals surface area contributed by atoms with Crippen LogP contribution in [0.25, 0.3) is 11.0 Å². The van der Waals surface area contributed by atoms with Crippen LogP contribution in [-0.4, -0.2) is 15.2 Å². The third kappa shape index (κ3) is 1.50. The van der Waals surface area contributed by atoms with Crippen LogP contribution in [0.1, 0.15) is 12.8 Å². The van der Waals surface area contributed by atoms with Crippen molar-refractivity contribution in [3.8, 4) is 0 Å². The second-order valence-corrected chi connectivity index (χ2v) is 4.76. The van der Waals surface area contributed by atoms with Crippen molar-refractivity contribution in [2.24, 2.45) is 14.1 Å². The minimum Gasteiger partial charge on any atom is -0.399 e. The normalized spacial score (nSPS) is 15.4. The van der Waals surface area contributed by atoms with E-state index in [0.717, 1.165) is 16.7 Å². The highest BCUT2D eigenvalue weighted by atomic mass is 16.1. The molecule has 0 bridgehead atoms. The Morgan fingerprint density at radius 2 is 2.00 bits per heavy atom. The van der Waals surface area contributed by atoms with Crippen LogP contribution < -0.4 is 16.7 Å². The number of nitrogens with one attached hydrogen (secondary N) is 1. The highest BCUT2D eigenvalue weighted by molar-refractivity contribution is 5.92. The van der Waals surface area contributed by atoms with Gasteiger partial charge in [0.25, 0.3) is 0 Å². The fraction of sp³-hybridized carbons (Fsp3) is 0.417. The number of nitrogen functional groups attached to an aromatic ring is 1. The van der Waals surface area contributed by atoms with Crippen molar-refractivity contribution in [3.05, 3.63) is 22.6 Å². The monoisotopic (exact) mass is 232 g/mol. The molecule has 0 amide bonds. The lowest BCUT2D eigenvalue weighted by atomic mass is 10.2. The van der Waals surface area contributed by atoms with Gasteiger partial charge in [0.15, 0.2) is 0 Å². The summed E-state index contributed by atoms with van der Waals surface area (Å²) >= 11 is 0. The van der Waals surface area contributed by atoms with Gasteiger partial charge in [-0.05, 0) is 25.0 Å². The highest BCUT2D eigenvalue weighted by Crippen LogP contribution is 2.31. The Labute approximate surface area is 98.8 Å². The smallest absolute Gasteiger partial charge is 0.328 e. The zero-order valence-corrected chi connectivity index (χ0v) is 10.0. The lowest BCUT2D eigenvalue weighted by Crippen LogP contribution is -2.19. The van der Waals surface area contributed by atoms with Gasteiger partial charge in [-0.2, -0.15) is 0 Å². The number of benzene rings is 1. The summed E-state index contributed by atoms with van der Waals surface area (Å²) in [5, 5.41) is 3.43. The summed E-state index contributed by atoms with van der Waals surface area (Å²) in [5.74, 6) is 0. The van der Waals surface area contributed by atoms with Gasteiger partial charge in [-0.1, -0.05) is 0 Å². The molecule has 1 heterocycles. The Hall–Kier alpha value is -1.91. The van der Waals surface area contributed by atoms with Gasteiger partial charge in [0.2, 0.25) is 0 Å². The number of anilines is 2. The molecule has 90 valence electrons. The molecular formula is C12H16N4O. The van der Waals surface area contributed by atoms with Gasteiger partial charge in [-0.15, -0.1) is 0 Å². The maximum atomic E-state index is 11.9. The van der Waals surface area contributed by atoms with Gasteiger partial charge in [-0.3, -0.25) is 9.13 Å². The van der Waals surface area contributed by atoms with Crippen LogP contribution in [0.5, 0.6) is 0 Å². The first kappa shape index (κ1) is 10.3. The Kier molecular flexibility index (Phi) is 1.98. The van der Waals surface area contributed by atoms with Gasteiger partial charge in [0.1, 0.15) is 0 Å². The third-order valence-electron chi connectivity index (χ3n) is 3.32. The van der Waals surface area contributed by atoms with Crippen LogP contribution in [0.15, 0.2) is 16.9 Å². The molecule has 0 spiro atoms. The Morgan fingerprint density at radius 3 is 2.65 bits per heavy atom. The van der Waals surface area contributed by atoms with E-state index in [-0.39, 0.29) is 5.69 Å². The summed E-state index contributed by atoms with van der Waals surface area (Å²) in [6.07, 6.45) is 2.38. The number of rotatable bonds is 2. The van der Waals surface area contributed by atoms with Crippen molar-refractivity contribution in [2.45, 2.75) is 18.9 Å². The molecule has 1 aliphatic carbocycles. The lowest BCUT2D eigenvalue weighted by Gasteiger charge is -2.09. The Bertz CT molecular complexity index is 649. The first-order valence-electron chi connectivity index (χ1n) is 5.79. The van der Waals surface area contributed by atoms with E-state index in [1.807, 2.05) is 12.1 Å². The van der Waals surface area contributed by atoms with Gasteiger partial charge in [0.05, 0.1) is 16.7 Å². The molecule has 1 saturated carbocycles. The number of hydrogen-bond acceptors (Lipinski definition) is 3. The van der Waals surface area contributed by atoms with Crippen LogP contribution in [-0.2, 0) is 14.1 Å². The molecule has 1 fully saturated rings. The summed E-state index contributed by atoms with van der Waals surface area (Å²) in [4.78, 5) is 11.9. The van der Waals surface area contributed by atoms with Crippen molar-refractivity contribution in [1.82, 2.24) is 9.13 Å². The molecule has 0 aliphatic heterocycles. The second kappa shape index (κ2) is 3.29. The SMILES string of the molecule is Cn1c(=O)n(C)c2c(NC3CC3)cc(N)cc21. The van der Waals surface area contributed by atoms with E-state index >= 15 is 0 Å². The van der Waals surface area contributed by atoms with Crippen molar-refractivity contribution in [3.63, 3.8) is 0 Å². The molecule has 5 nitrogen and oxygen atoms in total. The fourth-order valence-corrected chi connectivity index (χ4v) is 2.23. The lowest BCUT2D eigenvalue weighted by molar-refractivity contribution is 0.795. The minimum atomic E-state index is -0.0237. The maximum Gasteiger partial charge on any atom is 0.328 e. The maximum absolute atomic E-state index is 11.9. The average molecular weight is 232 g/mol. The zero-order chi connectivity index (χ0) is 12.2. The van der Waals surface area contributed by atoms with Crippen LogP contribution in [0.2, 0.25) is 0 Å². The van der Waals surface area contributed by atoms with Gasteiger partial charge in [-0.25, -0.2) is 4.79 Å². The van der Waals surface area contributed by atoms with E-state index < -0.39 is 0 Å². The van der Waals surface area contributed by atoms with Crippen molar-refractivity contribution < 1.29 is 0 Å². The van der Waals surface area contributed by atoms with E-state index in [2.05, 4.69) is 5.32 Å². The van der Waals surface area contributed by atoms with Crippen LogP contribution in [0.4, 0.5) is 11.4 Å². The van der Waals surface area contributed by atoms with E-state index in [0.29, 0.717) is 11.7 Å². The zero-order valence-electron chi connectivity index (χ0n) is 10.0.